The number of ether oxygens (including phenoxy) is 1. The summed E-state index contributed by atoms with van der Waals surface area (Å²) >= 11 is 5.70. The molecule has 0 aliphatic carbocycles. The predicted octanol–water partition coefficient (Wildman–Crippen LogP) is 1.81. The van der Waals surface area contributed by atoms with Crippen molar-refractivity contribution in [2.24, 2.45) is 5.73 Å². The molecule has 0 aliphatic rings. The Morgan fingerprint density at radius 3 is 2.75 bits per heavy atom. The molecule has 16 heavy (non-hydrogen) atoms. The van der Waals surface area contributed by atoms with E-state index in [9.17, 15) is 4.79 Å². The molecule has 1 rings (SSSR count). The fourth-order valence-electron chi connectivity index (χ4n) is 1.02. The molecule has 0 saturated carbocycles. The number of hydrogen-bond acceptors (Lipinski definition) is 3. The Bertz CT molecular complexity index is 351. The normalized spacial score (nSPS) is 12.6. The highest BCUT2D eigenvalue weighted by Crippen LogP contribution is 2.01. The molecule has 1 aromatic carbocycles. The van der Waals surface area contributed by atoms with E-state index in [1.807, 2.05) is 30.3 Å². The monoisotopic (exact) mass is 239 g/mol. The summed E-state index contributed by atoms with van der Waals surface area (Å²) in [5, 5.41) is -0.325. The molecule has 0 fully saturated rings. The highest BCUT2D eigenvalue weighted by atomic mass is 35.5. The van der Waals surface area contributed by atoms with E-state index in [4.69, 9.17) is 22.1 Å². The van der Waals surface area contributed by atoms with E-state index in [0.29, 0.717) is 0 Å². The third-order valence-electron chi connectivity index (χ3n) is 1.87. The van der Waals surface area contributed by atoms with Crippen molar-refractivity contribution in [3.8, 4) is 0 Å². The minimum atomic E-state index is -0.414. The zero-order chi connectivity index (χ0) is 11.8. The summed E-state index contributed by atoms with van der Waals surface area (Å²) in [6.45, 7) is 0.424. The maximum absolute atomic E-state index is 11.2. The van der Waals surface area contributed by atoms with Gasteiger partial charge >= 0.3 is 5.97 Å². The number of rotatable bonds is 5. The van der Waals surface area contributed by atoms with Crippen molar-refractivity contribution in [2.45, 2.75) is 5.38 Å². The lowest BCUT2D eigenvalue weighted by Crippen LogP contribution is -2.21. The lowest BCUT2D eigenvalue weighted by Gasteiger charge is -2.05. The average Bonchev–Trinajstić information content (AvgIpc) is 2.34. The van der Waals surface area contributed by atoms with Crippen LogP contribution < -0.4 is 5.73 Å². The van der Waals surface area contributed by atoms with Crippen LogP contribution in [0, 0.1) is 0 Å². The summed E-state index contributed by atoms with van der Waals surface area (Å²) in [5.41, 5.74) is 6.23. The smallest absolute Gasteiger partial charge is 0.330 e. The van der Waals surface area contributed by atoms with Crippen LogP contribution in [0.25, 0.3) is 6.08 Å². The van der Waals surface area contributed by atoms with Crippen LogP contribution in [-0.4, -0.2) is 24.5 Å². The minimum Gasteiger partial charge on any atom is -0.461 e. The summed E-state index contributed by atoms with van der Waals surface area (Å²) in [7, 11) is 0. The summed E-state index contributed by atoms with van der Waals surface area (Å²) < 4.78 is 4.88. The highest BCUT2D eigenvalue weighted by molar-refractivity contribution is 6.21. The zero-order valence-electron chi connectivity index (χ0n) is 8.80. The lowest BCUT2D eigenvalue weighted by molar-refractivity contribution is -0.137. The molecule has 0 spiro atoms. The minimum absolute atomic E-state index is 0.135. The van der Waals surface area contributed by atoms with Crippen LogP contribution in [0.15, 0.2) is 36.4 Å². The van der Waals surface area contributed by atoms with Gasteiger partial charge in [-0.2, -0.15) is 0 Å². The van der Waals surface area contributed by atoms with Crippen molar-refractivity contribution >= 4 is 23.6 Å². The molecule has 0 aromatic heterocycles. The van der Waals surface area contributed by atoms with Gasteiger partial charge in [-0.25, -0.2) is 4.79 Å². The summed E-state index contributed by atoms with van der Waals surface area (Å²) in [6.07, 6.45) is 3.06. The number of hydrogen-bond donors (Lipinski definition) is 1. The van der Waals surface area contributed by atoms with Crippen LogP contribution in [0.1, 0.15) is 5.56 Å². The van der Waals surface area contributed by atoms with Gasteiger partial charge < -0.3 is 10.5 Å². The Morgan fingerprint density at radius 2 is 2.12 bits per heavy atom. The van der Waals surface area contributed by atoms with Crippen LogP contribution in [0.2, 0.25) is 0 Å². The molecular formula is C12H14ClNO2. The van der Waals surface area contributed by atoms with Crippen LogP contribution in [0.4, 0.5) is 0 Å². The molecule has 0 bridgehead atoms. The van der Waals surface area contributed by atoms with Gasteiger partial charge in [0, 0.05) is 12.6 Å². The van der Waals surface area contributed by atoms with Gasteiger partial charge in [-0.3, -0.25) is 0 Å². The molecular weight excluding hydrogens is 226 g/mol. The molecule has 0 saturated heterocycles. The molecule has 0 aliphatic heterocycles. The average molecular weight is 240 g/mol. The van der Waals surface area contributed by atoms with Crippen molar-refractivity contribution in [1.29, 1.82) is 0 Å². The second kappa shape index (κ2) is 7.04. The molecule has 2 N–H and O–H groups in total. The molecule has 3 nitrogen and oxygen atoms in total. The first-order valence-electron chi connectivity index (χ1n) is 4.96. The van der Waals surface area contributed by atoms with E-state index in [0.717, 1.165) is 5.56 Å². The molecule has 4 heteroatoms. The maximum atomic E-state index is 11.2. The highest BCUT2D eigenvalue weighted by Gasteiger charge is 2.04. The third-order valence-corrected chi connectivity index (χ3v) is 2.18. The number of carbonyl (C=O) groups is 1. The fraction of sp³-hybridized carbons (Fsp3) is 0.250. The lowest BCUT2D eigenvalue weighted by atomic mass is 10.2. The largest absolute Gasteiger partial charge is 0.461 e. The standard InChI is InChI=1S/C12H14ClNO2/c13-11(8-14)9-16-12(15)7-6-10-4-2-1-3-5-10/h1-7,11H,8-9,14H2. The van der Waals surface area contributed by atoms with Crippen LogP contribution >= 0.6 is 11.6 Å². The third kappa shape index (κ3) is 4.96. The van der Waals surface area contributed by atoms with Gasteiger partial charge in [0.2, 0.25) is 0 Å². The van der Waals surface area contributed by atoms with Crippen LogP contribution in [0.3, 0.4) is 0 Å². The molecule has 1 atom stereocenters. The molecule has 0 heterocycles. The van der Waals surface area contributed by atoms with Crippen molar-refractivity contribution in [1.82, 2.24) is 0 Å². The molecule has 0 radical (unpaired) electrons. The van der Waals surface area contributed by atoms with Crippen molar-refractivity contribution in [3.63, 3.8) is 0 Å². The van der Waals surface area contributed by atoms with Crippen LogP contribution in [-0.2, 0) is 9.53 Å². The van der Waals surface area contributed by atoms with Gasteiger partial charge in [0.15, 0.2) is 0 Å². The van der Waals surface area contributed by atoms with Gasteiger partial charge in [-0.1, -0.05) is 30.3 Å². The zero-order valence-corrected chi connectivity index (χ0v) is 9.56. The van der Waals surface area contributed by atoms with Crippen molar-refractivity contribution < 1.29 is 9.53 Å². The fourth-order valence-corrected chi connectivity index (χ4v) is 1.08. The Morgan fingerprint density at radius 1 is 1.44 bits per heavy atom. The maximum Gasteiger partial charge on any atom is 0.330 e. The molecule has 86 valence electrons. The second-order valence-electron chi connectivity index (χ2n) is 3.21. The van der Waals surface area contributed by atoms with Gasteiger partial charge in [0.25, 0.3) is 0 Å². The Hall–Kier alpha value is -1.32. The first-order valence-corrected chi connectivity index (χ1v) is 5.40. The number of nitrogens with two attached hydrogens (primary N) is 1. The molecule has 0 amide bonds. The Kier molecular flexibility index (Phi) is 5.61. The van der Waals surface area contributed by atoms with E-state index < -0.39 is 5.97 Å². The number of alkyl halides is 1. The summed E-state index contributed by atoms with van der Waals surface area (Å²) in [6, 6.07) is 9.50. The van der Waals surface area contributed by atoms with Crippen molar-refractivity contribution in [3.05, 3.63) is 42.0 Å². The van der Waals surface area contributed by atoms with Gasteiger partial charge in [-0.05, 0) is 11.6 Å². The van der Waals surface area contributed by atoms with Crippen molar-refractivity contribution in [2.75, 3.05) is 13.2 Å². The van der Waals surface area contributed by atoms with E-state index in [1.165, 1.54) is 6.08 Å². The van der Waals surface area contributed by atoms with E-state index in [-0.39, 0.29) is 18.5 Å². The number of halogens is 1. The first kappa shape index (κ1) is 12.7. The quantitative estimate of drug-likeness (QED) is 0.484. The van der Waals surface area contributed by atoms with Gasteiger partial charge in [0.05, 0.1) is 5.38 Å². The van der Waals surface area contributed by atoms with E-state index >= 15 is 0 Å². The second-order valence-corrected chi connectivity index (χ2v) is 3.82. The Labute approximate surface area is 99.8 Å². The topological polar surface area (TPSA) is 52.3 Å². The first-order chi connectivity index (χ1) is 7.72. The predicted molar refractivity (Wildman–Crippen MR) is 65.1 cm³/mol. The Balaban J connectivity index is 2.37. The van der Waals surface area contributed by atoms with E-state index in [1.54, 1.807) is 6.08 Å². The van der Waals surface area contributed by atoms with Gasteiger partial charge in [0.1, 0.15) is 6.61 Å². The summed E-state index contributed by atoms with van der Waals surface area (Å²) in [4.78, 5) is 11.2. The SMILES string of the molecule is NCC(Cl)COC(=O)C=Cc1ccccc1. The number of esters is 1. The molecule has 1 aromatic rings. The van der Waals surface area contributed by atoms with Crippen LogP contribution in [0.5, 0.6) is 0 Å². The number of benzene rings is 1. The van der Waals surface area contributed by atoms with E-state index in [2.05, 4.69) is 0 Å². The summed E-state index contributed by atoms with van der Waals surface area (Å²) in [5.74, 6) is -0.414. The number of carbonyl (C=O) groups excluding carboxylic acids is 1. The molecule has 1 unspecified atom stereocenters. The van der Waals surface area contributed by atoms with Gasteiger partial charge in [-0.15, -0.1) is 11.6 Å².